The number of pyridine rings is 1. The smallest absolute Gasteiger partial charge is 0.0960 e. The van der Waals surface area contributed by atoms with Crippen LogP contribution in [0.2, 0.25) is 0 Å². The van der Waals surface area contributed by atoms with Gasteiger partial charge in [0.05, 0.1) is 11.0 Å². The Bertz CT molecular complexity index is 905. The molecule has 2 heteroatoms. The van der Waals surface area contributed by atoms with E-state index in [0.717, 1.165) is 16.6 Å². The van der Waals surface area contributed by atoms with Crippen molar-refractivity contribution < 1.29 is 0 Å². The number of hydrogen-bond acceptors (Lipinski definition) is 1. The molecule has 2 heterocycles. The molecule has 0 aliphatic rings. The van der Waals surface area contributed by atoms with Gasteiger partial charge >= 0.3 is 0 Å². The molecule has 2 nitrogen and oxygen atoms in total. The lowest BCUT2D eigenvalue weighted by Crippen LogP contribution is -1.87. The van der Waals surface area contributed by atoms with Crippen molar-refractivity contribution in [3.63, 3.8) is 0 Å². The van der Waals surface area contributed by atoms with Gasteiger partial charge in [0.25, 0.3) is 0 Å². The molecule has 0 fully saturated rings. The van der Waals surface area contributed by atoms with Crippen LogP contribution in [0.4, 0.5) is 0 Å². The van der Waals surface area contributed by atoms with Crippen LogP contribution in [-0.2, 0) is 0 Å². The highest BCUT2D eigenvalue weighted by molar-refractivity contribution is 6.06. The summed E-state index contributed by atoms with van der Waals surface area (Å²) in [6, 6.07) is 18.7. The van der Waals surface area contributed by atoms with Gasteiger partial charge < -0.3 is 4.98 Å². The Balaban J connectivity index is 2.07. The molecule has 4 rings (SSSR count). The van der Waals surface area contributed by atoms with Crippen molar-refractivity contribution in [2.75, 3.05) is 0 Å². The number of benzene rings is 2. The maximum Gasteiger partial charge on any atom is 0.0960 e. The molecular weight excluding hydrogens is 244 g/mol. The van der Waals surface area contributed by atoms with Crippen molar-refractivity contribution in [1.29, 1.82) is 0 Å². The van der Waals surface area contributed by atoms with Gasteiger partial charge in [0, 0.05) is 22.7 Å². The van der Waals surface area contributed by atoms with Crippen molar-refractivity contribution in [1.82, 2.24) is 9.97 Å². The second-order valence-electron chi connectivity index (χ2n) is 5.06. The van der Waals surface area contributed by atoms with Gasteiger partial charge in [0.2, 0.25) is 0 Å². The molecule has 0 bridgehead atoms. The van der Waals surface area contributed by atoms with E-state index in [4.69, 9.17) is 0 Å². The predicted octanol–water partition coefficient (Wildman–Crippen LogP) is 4.69. The first-order valence-electron chi connectivity index (χ1n) is 6.76. The molecule has 0 saturated heterocycles. The average molecular weight is 258 g/mol. The quantitative estimate of drug-likeness (QED) is 0.527. The zero-order chi connectivity index (χ0) is 13.5. The lowest BCUT2D eigenvalue weighted by atomic mass is 10.0. The summed E-state index contributed by atoms with van der Waals surface area (Å²) in [5.74, 6) is 0. The molecule has 0 spiro atoms. The number of aromatic amines is 1. The molecule has 4 aromatic rings. The van der Waals surface area contributed by atoms with Crippen molar-refractivity contribution in [3.8, 4) is 11.1 Å². The summed E-state index contributed by atoms with van der Waals surface area (Å²) in [4.78, 5) is 8.17. The van der Waals surface area contributed by atoms with Crippen LogP contribution < -0.4 is 0 Å². The predicted molar refractivity (Wildman–Crippen MR) is 83.8 cm³/mol. The summed E-state index contributed by atoms with van der Waals surface area (Å²) in [6.07, 6.45) is 1.98. The number of nitrogens with one attached hydrogen (secondary N) is 1. The third-order valence-corrected chi connectivity index (χ3v) is 3.87. The van der Waals surface area contributed by atoms with E-state index in [0.29, 0.717) is 0 Å². The molecule has 0 aliphatic carbocycles. The van der Waals surface area contributed by atoms with E-state index in [-0.39, 0.29) is 0 Å². The molecule has 20 heavy (non-hydrogen) atoms. The van der Waals surface area contributed by atoms with E-state index in [1.165, 1.54) is 22.1 Å². The molecule has 2 aromatic carbocycles. The lowest BCUT2D eigenvalue weighted by Gasteiger charge is -2.06. The summed E-state index contributed by atoms with van der Waals surface area (Å²) < 4.78 is 0. The summed E-state index contributed by atoms with van der Waals surface area (Å²) in [7, 11) is 0. The first kappa shape index (κ1) is 11.2. The van der Waals surface area contributed by atoms with Crippen LogP contribution >= 0.6 is 0 Å². The number of H-pyrrole nitrogens is 1. The number of hydrogen-bond donors (Lipinski definition) is 1. The Labute approximate surface area is 117 Å². The van der Waals surface area contributed by atoms with Crippen molar-refractivity contribution in [3.05, 3.63) is 66.4 Å². The number of nitrogens with zero attached hydrogens (tertiary/aromatic N) is 1. The number of fused-ring (bicyclic) bond motifs is 3. The van der Waals surface area contributed by atoms with Crippen LogP contribution in [-0.4, -0.2) is 9.97 Å². The third kappa shape index (κ3) is 1.55. The molecule has 0 radical (unpaired) electrons. The average Bonchev–Trinajstić information content (AvgIpc) is 2.88. The third-order valence-electron chi connectivity index (χ3n) is 3.87. The van der Waals surface area contributed by atoms with E-state index in [1.807, 2.05) is 18.3 Å². The Morgan fingerprint density at radius 2 is 1.65 bits per heavy atom. The fourth-order valence-corrected chi connectivity index (χ4v) is 2.80. The normalized spacial score (nSPS) is 11.2. The van der Waals surface area contributed by atoms with Crippen molar-refractivity contribution >= 4 is 21.9 Å². The van der Waals surface area contributed by atoms with Gasteiger partial charge in [-0.15, -0.1) is 0 Å². The van der Waals surface area contributed by atoms with Crippen LogP contribution in [0.15, 0.2) is 60.8 Å². The maximum atomic E-state index is 4.68. The summed E-state index contributed by atoms with van der Waals surface area (Å²) in [5, 5.41) is 1.19. The largest absolute Gasteiger partial charge is 0.353 e. The Morgan fingerprint density at radius 1 is 0.900 bits per heavy atom. The van der Waals surface area contributed by atoms with E-state index < -0.39 is 0 Å². The van der Waals surface area contributed by atoms with Crippen molar-refractivity contribution in [2.24, 2.45) is 0 Å². The van der Waals surface area contributed by atoms with E-state index in [1.54, 1.807) is 0 Å². The van der Waals surface area contributed by atoms with E-state index in [9.17, 15) is 0 Å². The monoisotopic (exact) mass is 258 g/mol. The number of aryl methyl sites for hydroxylation is 1. The highest BCUT2D eigenvalue weighted by Gasteiger charge is 2.11. The van der Waals surface area contributed by atoms with E-state index in [2.05, 4.69) is 59.4 Å². The molecule has 2 aromatic heterocycles. The molecule has 0 atom stereocenters. The summed E-state index contributed by atoms with van der Waals surface area (Å²) in [6.45, 7) is 2.15. The number of aromatic nitrogens is 2. The molecule has 0 aliphatic heterocycles. The van der Waals surface area contributed by atoms with Gasteiger partial charge in [-0.2, -0.15) is 0 Å². The molecule has 0 unspecified atom stereocenters. The van der Waals surface area contributed by atoms with Crippen LogP contribution in [0.25, 0.3) is 33.1 Å². The fraction of sp³-hybridized carbons (Fsp3) is 0.0556. The van der Waals surface area contributed by atoms with Crippen LogP contribution in [0.3, 0.4) is 0 Å². The van der Waals surface area contributed by atoms with Crippen molar-refractivity contribution in [2.45, 2.75) is 6.92 Å². The Morgan fingerprint density at radius 3 is 2.50 bits per heavy atom. The van der Waals surface area contributed by atoms with Gasteiger partial charge in [-0.3, -0.25) is 4.98 Å². The first-order chi connectivity index (χ1) is 9.84. The van der Waals surface area contributed by atoms with Gasteiger partial charge in [0.15, 0.2) is 0 Å². The van der Waals surface area contributed by atoms with Gasteiger partial charge in [-0.25, -0.2) is 0 Å². The van der Waals surface area contributed by atoms with Gasteiger partial charge in [0.1, 0.15) is 0 Å². The summed E-state index contributed by atoms with van der Waals surface area (Å²) >= 11 is 0. The summed E-state index contributed by atoms with van der Waals surface area (Å²) in [5.41, 5.74) is 6.97. The zero-order valence-corrected chi connectivity index (χ0v) is 11.2. The molecule has 0 saturated carbocycles. The Kier molecular flexibility index (Phi) is 2.36. The van der Waals surface area contributed by atoms with Gasteiger partial charge in [-0.05, 0) is 24.1 Å². The maximum absolute atomic E-state index is 4.68. The van der Waals surface area contributed by atoms with Crippen LogP contribution in [0.1, 0.15) is 5.56 Å². The lowest BCUT2D eigenvalue weighted by molar-refractivity contribution is 1.35. The molecule has 0 amide bonds. The molecular formula is C18H14N2. The second kappa shape index (κ2) is 4.20. The van der Waals surface area contributed by atoms with Gasteiger partial charge in [-0.1, -0.05) is 48.5 Å². The standard InChI is InChI=1S/C18H14N2/c1-12-15(13-7-3-2-4-8-13)11-19-18-14-9-5-6-10-16(14)20-17(12)18/h2-11,20H,1H3. The van der Waals surface area contributed by atoms with Crippen LogP contribution in [0.5, 0.6) is 0 Å². The van der Waals surface area contributed by atoms with Crippen LogP contribution in [0, 0.1) is 6.92 Å². The van der Waals surface area contributed by atoms with E-state index >= 15 is 0 Å². The highest BCUT2D eigenvalue weighted by atomic mass is 14.8. The molecule has 96 valence electrons. The number of rotatable bonds is 1. The number of para-hydroxylation sites is 1. The first-order valence-corrected chi connectivity index (χ1v) is 6.76. The molecule has 1 N–H and O–H groups in total. The zero-order valence-electron chi connectivity index (χ0n) is 11.2. The fourth-order valence-electron chi connectivity index (χ4n) is 2.80. The topological polar surface area (TPSA) is 28.7 Å². The minimum Gasteiger partial charge on any atom is -0.353 e. The minimum absolute atomic E-state index is 1.05. The second-order valence-corrected chi connectivity index (χ2v) is 5.06. The SMILES string of the molecule is Cc1c(-c2ccccc2)cnc2c1[nH]c1ccccc12. The highest BCUT2D eigenvalue weighted by Crippen LogP contribution is 2.31. The minimum atomic E-state index is 1.05. The Hall–Kier alpha value is -2.61.